The summed E-state index contributed by atoms with van der Waals surface area (Å²) in [5.74, 6) is 1.27. The lowest BCUT2D eigenvalue weighted by Crippen LogP contribution is -2.33. The quantitative estimate of drug-likeness (QED) is 0.769. The number of methoxy groups -OCH3 is 1. The Bertz CT molecular complexity index is 684. The minimum Gasteiger partial charge on any atom is -0.493 e. The lowest BCUT2D eigenvalue weighted by atomic mass is 10.0. The van der Waals surface area contributed by atoms with Gasteiger partial charge in [-0.2, -0.15) is 0 Å². The van der Waals surface area contributed by atoms with Crippen molar-refractivity contribution in [1.29, 1.82) is 0 Å². The molecule has 120 valence electrons. The van der Waals surface area contributed by atoms with Gasteiger partial charge in [-0.05, 0) is 35.7 Å². The number of fused-ring (bicyclic) bond motifs is 1. The first-order valence-electron chi connectivity index (χ1n) is 7.85. The molecule has 1 heterocycles. The fraction of sp³-hybridized carbons (Fsp3) is 0.316. The summed E-state index contributed by atoms with van der Waals surface area (Å²) in [6.45, 7) is 3.49. The highest BCUT2D eigenvalue weighted by Crippen LogP contribution is 2.27. The third-order valence-electron chi connectivity index (χ3n) is 4.20. The molecule has 0 unspecified atom stereocenters. The van der Waals surface area contributed by atoms with Gasteiger partial charge in [-0.15, -0.1) is 0 Å². The van der Waals surface area contributed by atoms with Crippen molar-refractivity contribution in [1.82, 2.24) is 4.90 Å². The van der Waals surface area contributed by atoms with Gasteiger partial charge in [-0.25, -0.2) is 0 Å². The van der Waals surface area contributed by atoms with Crippen LogP contribution in [0.1, 0.15) is 21.5 Å². The molecule has 0 bridgehead atoms. The molecule has 2 aromatic carbocycles. The molecule has 2 aromatic rings. The molecule has 1 aliphatic heterocycles. The maximum atomic E-state index is 10.8. The summed E-state index contributed by atoms with van der Waals surface area (Å²) in [5, 5.41) is 0. The van der Waals surface area contributed by atoms with Crippen LogP contribution in [0.2, 0.25) is 0 Å². The molecule has 0 saturated heterocycles. The highest BCUT2D eigenvalue weighted by Gasteiger charge is 2.15. The van der Waals surface area contributed by atoms with Crippen LogP contribution < -0.4 is 9.47 Å². The SMILES string of the molecule is COc1cc(C=O)ccc1OCCN1CCc2ccccc2C1. The van der Waals surface area contributed by atoms with Gasteiger partial charge in [0, 0.05) is 25.2 Å². The van der Waals surface area contributed by atoms with E-state index in [-0.39, 0.29) is 0 Å². The molecule has 0 aliphatic carbocycles. The first kappa shape index (κ1) is 15.6. The van der Waals surface area contributed by atoms with Crippen LogP contribution in [0.3, 0.4) is 0 Å². The number of ether oxygens (including phenoxy) is 2. The number of nitrogens with zero attached hydrogens (tertiary/aromatic N) is 1. The summed E-state index contributed by atoms with van der Waals surface area (Å²) in [6.07, 6.45) is 1.89. The van der Waals surface area contributed by atoms with Gasteiger partial charge in [0.1, 0.15) is 12.9 Å². The van der Waals surface area contributed by atoms with Gasteiger partial charge in [-0.3, -0.25) is 9.69 Å². The summed E-state index contributed by atoms with van der Waals surface area (Å²) in [7, 11) is 1.58. The van der Waals surface area contributed by atoms with Crippen LogP contribution in [0, 0.1) is 0 Å². The van der Waals surface area contributed by atoms with Crippen LogP contribution in [0.4, 0.5) is 0 Å². The van der Waals surface area contributed by atoms with E-state index < -0.39 is 0 Å². The Morgan fingerprint density at radius 3 is 2.74 bits per heavy atom. The molecule has 4 heteroatoms. The number of benzene rings is 2. The van der Waals surface area contributed by atoms with Crippen molar-refractivity contribution in [2.45, 2.75) is 13.0 Å². The van der Waals surface area contributed by atoms with E-state index in [9.17, 15) is 4.79 Å². The Labute approximate surface area is 136 Å². The highest BCUT2D eigenvalue weighted by molar-refractivity contribution is 5.76. The largest absolute Gasteiger partial charge is 0.493 e. The van der Waals surface area contributed by atoms with E-state index in [0.29, 0.717) is 23.7 Å². The van der Waals surface area contributed by atoms with Crippen LogP contribution >= 0.6 is 0 Å². The molecular weight excluding hydrogens is 290 g/mol. The molecule has 0 aromatic heterocycles. The zero-order chi connectivity index (χ0) is 16.1. The minimum atomic E-state index is 0.585. The Morgan fingerprint density at radius 1 is 1.13 bits per heavy atom. The van der Waals surface area contributed by atoms with Crippen molar-refractivity contribution in [2.24, 2.45) is 0 Å². The van der Waals surface area contributed by atoms with Crippen molar-refractivity contribution < 1.29 is 14.3 Å². The Balaban J connectivity index is 1.55. The molecule has 0 N–H and O–H groups in total. The summed E-state index contributed by atoms with van der Waals surface area (Å²) >= 11 is 0. The van der Waals surface area contributed by atoms with E-state index in [2.05, 4.69) is 29.2 Å². The fourth-order valence-electron chi connectivity index (χ4n) is 2.91. The molecule has 23 heavy (non-hydrogen) atoms. The number of hydrogen-bond donors (Lipinski definition) is 0. The molecule has 0 atom stereocenters. The van der Waals surface area contributed by atoms with Gasteiger partial charge in [0.15, 0.2) is 11.5 Å². The molecule has 4 nitrogen and oxygen atoms in total. The van der Waals surface area contributed by atoms with Gasteiger partial charge in [-0.1, -0.05) is 24.3 Å². The number of hydrogen-bond acceptors (Lipinski definition) is 4. The van der Waals surface area contributed by atoms with Crippen molar-refractivity contribution in [3.63, 3.8) is 0 Å². The molecule has 1 aliphatic rings. The van der Waals surface area contributed by atoms with Gasteiger partial charge in [0.2, 0.25) is 0 Å². The van der Waals surface area contributed by atoms with E-state index >= 15 is 0 Å². The molecule has 0 amide bonds. The standard InChI is InChI=1S/C19H21NO3/c1-22-19-12-15(14-21)6-7-18(19)23-11-10-20-9-8-16-4-2-3-5-17(16)13-20/h2-7,12,14H,8-11,13H2,1H3. The zero-order valence-electron chi connectivity index (χ0n) is 13.3. The topological polar surface area (TPSA) is 38.8 Å². The molecule has 0 spiro atoms. The van der Waals surface area contributed by atoms with Crippen molar-refractivity contribution >= 4 is 6.29 Å². The van der Waals surface area contributed by atoms with Gasteiger partial charge in [0.25, 0.3) is 0 Å². The van der Waals surface area contributed by atoms with Gasteiger partial charge < -0.3 is 9.47 Å². The van der Waals surface area contributed by atoms with Crippen LogP contribution in [-0.2, 0) is 13.0 Å². The number of aldehydes is 1. The Hall–Kier alpha value is -2.33. The third-order valence-corrected chi connectivity index (χ3v) is 4.20. The first-order valence-corrected chi connectivity index (χ1v) is 7.85. The first-order chi connectivity index (χ1) is 11.3. The summed E-state index contributed by atoms with van der Waals surface area (Å²) in [5.41, 5.74) is 3.45. The fourth-order valence-corrected chi connectivity index (χ4v) is 2.91. The van der Waals surface area contributed by atoms with E-state index in [1.807, 2.05) is 0 Å². The van der Waals surface area contributed by atoms with Crippen LogP contribution in [-0.4, -0.2) is 38.0 Å². The Kier molecular flexibility index (Phi) is 4.93. The summed E-state index contributed by atoms with van der Waals surface area (Å²) in [6, 6.07) is 13.8. The number of rotatable bonds is 6. The summed E-state index contributed by atoms with van der Waals surface area (Å²) < 4.78 is 11.1. The van der Waals surface area contributed by atoms with Crippen molar-refractivity contribution in [2.75, 3.05) is 26.8 Å². The summed E-state index contributed by atoms with van der Waals surface area (Å²) in [4.78, 5) is 13.2. The van der Waals surface area contributed by atoms with E-state index in [1.54, 1.807) is 25.3 Å². The van der Waals surface area contributed by atoms with E-state index in [1.165, 1.54) is 11.1 Å². The van der Waals surface area contributed by atoms with E-state index in [0.717, 1.165) is 32.3 Å². The van der Waals surface area contributed by atoms with Crippen LogP contribution in [0.25, 0.3) is 0 Å². The normalized spacial score (nSPS) is 14.1. The number of carbonyl (C=O) groups is 1. The molecule has 3 rings (SSSR count). The second kappa shape index (κ2) is 7.29. The number of carbonyl (C=O) groups excluding carboxylic acids is 1. The molecular formula is C19H21NO3. The molecule has 0 fully saturated rings. The van der Waals surface area contributed by atoms with E-state index in [4.69, 9.17) is 9.47 Å². The van der Waals surface area contributed by atoms with Crippen LogP contribution in [0.5, 0.6) is 11.5 Å². The van der Waals surface area contributed by atoms with Crippen LogP contribution in [0.15, 0.2) is 42.5 Å². The minimum absolute atomic E-state index is 0.585. The van der Waals surface area contributed by atoms with Crippen molar-refractivity contribution in [3.8, 4) is 11.5 Å². The zero-order valence-corrected chi connectivity index (χ0v) is 13.3. The smallest absolute Gasteiger partial charge is 0.161 e. The monoisotopic (exact) mass is 311 g/mol. The molecule has 0 saturated carbocycles. The maximum Gasteiger partial charge on any atom is 0.161 e. The predicted octanol–water partition coefficient (Wildman–Crippen LogP) is 2.94. The van der Waals surface area contributed by atoms with Crippen molar-refractivity contribution in [3.05, 3.63) is 59.2 Å². The second-order valence-electron chi connectivity index (χ2n) is 5.67. The van der Waals surface area contributed by atoms with Gasteiger partial charge >= 0.3 is 0 Å². The lowest BCUT2D eigenvalue weighted by Gasteiger charge is -2.28. The second-order valence-corrected chi connectivity index (χ2v) is 5.67. The van der Waals surface area contributed by atoms with Gasteiger partial charge in [0.05, 0.1) is 7.11 Å². The molecule has 0 radical (unpaired) electrons. The third kappa shape index (κ3) is 3.71. The lowest BCUT2D eigenvalue weighted by molar-refractivity contribution is 0.112. The Morgan fingerprint density at radius 2 is 1.96 bits per heavy atom. The highest BCUT2D eigenvalue weighted by atomic mass is 16.5. The average molecular weight is 311 g/mol. The predicted molar refractivity (Wildman–Crippen MR) is 89.3 cm³/mol. The maximum absolute atomic E-state index is 10.8. The average Bonchev–Trinajstić information content (AvgIpc) is 2.61.